The van der Waals surface area contributed by atoms with Crippen LogP contribution in [0.1, 0.15) is 43.1 Å². The third-order valence-electron chi connectivity index (χ3n) is 3.06. The van der Waals surface area contributed by atoms with Crippen molar-refractivity contribution in [1.29, 1.82) is 0 Å². The molecule has 0 aromatic carbocycles. The van der Waals surface area contributed by atoms with Gasteiger partial charge in [-0.2, -0.15) is 13.2 Å². The Morgan fingerprint density at radius 3 is 2.38 bits per heavy atom. The van der Waals surface area contributed by atoms with E-state index >= 15 is 0 Å². The van der Waals surface area contributed by atoms with Crippen LogP contribution in [-0.2, 0) is 6.18 Å². The highest BCUT2D eigenvalue weighted by atomic mass is 19.4. The van der Waals surface area contributed by atoms with Crippen molar-refractivity contribution < 1.29 is 13.2 Å². The Labute approximate surface area is 91.2 Å². The predicted octanol–water partition coefficient (Wildman–Crippen LogP) is 2.41. The van der Waals surface area contributed by atoms with Gasteiger partial charge in [-0.05, 0) is 25.7 Å². The Kier molecular flexibility index (Phi) is 2.92. The van der Waals surface area contributed by atoms with Crippen LogP contribution in [-0.4, -0.2) is 16.0 Å². The van der Waals surface area contributed by atoms with Crippen molar-refractivity contribution in [2.75, 3.05) is 0 Å². The molecule has 0 atom stereocenters. The Morgan fingerprint density at radius 2 is 1.88 bits per heavy atom. The van der Waals surface area contributed by atoms with Gasteiger partial charge in [0.25, 0.3) is 0 Å². The fourth-order valence-electron chi connectivity index (χ4n) is 2.08. The molecule has 1 aliphatic carbocycles. The van der Waals surface area contributed by atoms with Crippen LogP contribution in [0.2, 0.25) is 0 Å². The summed E-state index contributed by atoms with van der Waals surface area (Å²) in [5.41, 5.74) is 4.97. The van der Waals surface area contributed by atoms with Crippen LogP contribution in [0.4, 0.5) is 13.2 Å². The second kappa shape index (κ2) is 4.08. The summed E-state index contributed by atoms with van der Waals surface area (Å²) in [6.07, 6.45) is -0.141. The van der Waals surface area contributed by atoms with Gasteiger partial charge < -0.3 is 10.7 Å². The van der Waals surface area contributed by atoms with Crippen LogP contribution < -0.4 is 5.73 Å². The highest BCUT2D eigenvalue weighted by Gasteiger charge is 2.34. The van der Waals surface area contributed by atoms with Crippen LogP contribution in [0.5, 0.6) is 0 Å². The lowest BCUT2D eigenvalue weighted by molar-refractivity contribution is -0.141. The Bertz CT molecular complexity index is 350. The number of H-pyrrole nitrogens is 1. The second-order valence-corrected chi connectivity index (χ2v) is 4.29. The molecule has 0 amide bonds. The molecule has 2 rings (SSSR count). The first-order valence-electron chi connectivity index (χ1n) is 5.34. The molecule has 1 aromatic heterocycles. The Balaban J connectivity index is 2.08. The van der Waals surface area contributed by atoms with E-state index in [4.69, 9.17) is 5.73 Å². The number of hydrogen-bond acceptors (Lipinski definition) is 2. The number of hydrogen-bond donors (Lipinski definition) is 2. The van der Waals surface area contributed by atoms with E-state index in [1.54, 1.807) is 0 Å². The molecule has 1 aliphatic rings. The number of imidazole rings is 1. The largest absolute Gasteiger partial charge is 0.432 e. The Morgan fingerprint density at radius 1 is 1.25 bits per heavy atom. The standard InChI is InChI=1S/C10H14F3N3/c11-10(12,13)8-5-15-9(16-8)6-1-3-7(14)4-2-6/h5-7H,1-4,14H2,(H,15,16). The molecule has 0 unspecified atom stereocenters. The van der Waals surface area contributed by atoms with E-state index < -0.39 is 11.9 Å². The van der Waals surface area contributed by atoms with E-state index in [-0.39, 0.29) is 12.0 Å². The van der Waals surface area contributed by atoms with Gasteiger partial charge in [0.15, 0.2) is 0 Å². The fourth-order valence-corrected chi connectivity index (χ4v) is 2.08. The van der Waals surface area contributed by atoms with Crippen molar-refractivity contribution in [3.8, 4) is 0 Å². The van der Waals surface area contributed by atoms with E-state index in [0.29, 0.717) is 5.82 Å². The number of nitrogens with two attached hydrogens (primary N) is 1. The minimum atomic E-state index is -4.34. The van der Waals surface area contributed by atoms with Crippen LogP contribution >= 0.6 is 0 Å². The molecule has 0 spiro atoms. The van der Waals surface area contributed by atoms with Gasteiger partial charge in [-0.1, -0.05) is 0 Å². The summed E-state index contributed by atoms with van der Waals surface area (Å²) in [5, 5.41) is 0. The molecule has 1 saturated carbocycles. The first kappa shape index (κ1) is 11.4. The molecule has 0 radical (unpaired) electrons. The zero-order valence-corrected chi connectivity index (χ0v) is 8.72. The average Bonchev–Trinajstić information content (AvgIpc) is 2.67. The summed E-state index contributed by atoms with van der Waals surface area (Å²) in [4.78, 5) is 6.18. The molecule has 6 heteroatoms. The summed E-state index contributed by atoms with van der Waals surface area (Å²) < 4.78 is 37.0. The first-order chi connectivity index (χ1) is 7.47. The van der Waals surface area contributed by atoms with E-state index in [9.17, 15) is 13.2 Å². The molecule has 1 aromatic rings. The highest BCUT2D eigenvalue weighted by Crippen LogP contribution is 2.33. The molecule has 16 heavy (non-hydrogen) atoms. The van der Waals surface area contributed by atoms with Gasteiger partial charge in [0.05, 0.1) is 6.20 Å². The third kappa shape index (κ3) is 2.37. The molecule has 3 N–H and O–H groups in total. The minimum Gasteiger partial charge on any atom is -0.338 e. The number of aromatic amines is 1. The third-order valence-corrected chi connectivity index (χ3v) is 3.06. The SMILES string of the molecule is NC1CCC(c2ncc(C(F)(F)F)[nH]2)CC1. The minimum absolute atomic E-state index is 0.0934. The molecular weight excluding hydrogens is 219 g/mol. The summed E-state index contributed by atoms with van der Waals surface area (Å²) in [5.74, 6) is 0.537. The van der Waals surface area contributed by atoms with E-state index in [2.05, 4.69) is 9.97 Å². The van der Waals surface area contributed by atoms with Crippen molar-refractivity contribution >= 4 is 0 Å². The molecule has 90 valence electrons. The van der Waals surface area contributed by atoms with Gasteiger partial charge in [0.2, 0.25) is 0 Å². The van der Waals surface area contributed by atoms with E-state index in [1.165, 1.54) is 0 Å². The number of nitrogens with one attached hydrogen (secondary N) is 1. The predicted molar refractivity (Wildman–Crippen MR) is 52.8 cm³/mol. The summed E-state index contributed by atoms with van der Waals surface area (Å²) >= 11 is 0. The number of halogens is 3. The smallest absolute Gasteiger partial charge is 0.338 e. The topological polar surface area (TPSA) is 54.7 Å². The monoisotopic (exact) mass is 233 g/mol. The van der Waals surface area contributed by atoms with Gasteiger partial charge in [-0.25, -0.2) is 4.98 Å². The molecule has 0 saturated heterocycles. The van der Waals surface area contributed by atoms with Crippen molar-refractivity contribution in [2.45, 2.75) is 43.8 Å². The van der Waals surface area contributed by atoms with Crippen molar-refractivity contribution in [1.82, 2.24) is 9.97 Å². The average molecular weight is 233 g/mol. The molecule has 0 bridgehead atoms. The number of aromatic nitrogens is 2. The normalized spacial score (nSPS) is 27.0. The maximum atomic E-state index is 12.3. The van der Waals surface area contributed by atoms with Crippen molar-refractivity contribution in [3.05, 3.63) is 17.7 Å². The van der Waals surface area contributed by atoms with Crippen LogP contribution in [0.15, 0.2) is 6.20 Å². The van der Waals surface area contributed by atoms with Gasteiger partial charge in [-0.15, -0.1) is 0 Å². The summed E-state index contributed by atoms with van der Waals surface area (Å²) in [6, 6.07) is 0.188. The van der Waals surface area contributed by atoms with Gasteiger partial charge in [-0.3, -0.25) is 0 Å². The molecule has 3 nitrogen and oxygen atoms in total. The summed E-state index contributed by atoms with van der Waals surface area (Å²) in [7, 11) is 0. The van der Waals surface area contributed by atoms with Gasteiger partial charge >= 0.3 is 6.18 Å². The van der Waals surface area contributed by atoms with Crippen LogP contribution in [0.3, 0.4) is 0 Å². The number of rotatable bonds is 1. The van der Waals surface area contributed by atoms with E-state index in [1.807, 2.05) is 0 Å². The maximum absolute atomic E-state index is 12.3. The molecular formula is C10H14F3N3. The van der Waals surface area contributed by atoms with Crippen LogP contribution in [0, 0.1) is 0 Å². The molecule has 0 aliphatic heterocycles. The molecule has 1 heterocycles. The lowest BCUT2D eigenvalue weighted by atomic mass is 9.86. The van der Waals surface area contributed by atoms with Gasteiger partial charge in [0, 0.05) is 12.0 Å². The van der Waals surface area contributed by atoms with Crippen molar-refractivity contribution in [2.24, 2.45) is 5.73 Å². The van der Waals surface area contributed by atoms with E-state index in [0.717, 1.165) is 31.9 Å². The number of nitrogens with zero attached hydrogens (tertiary/aromatic N) is 1. The lowest BCUT2D eigenvalue weighted by Crippen LogP contribution is -2.26. The first-order valence-corrected chi connectivity index (χ1v) is 5.34. The van der Waals surface area contributed by atoms with Crippen LogP contribution in [0.25, 0.3) is 0 Å². The zero-order valence-electron chi connectivity index (χ0n) is 8.72. The van der Waals surface area contributed by atoms with Crippen molar-refractivity contribution in [3.63, 3.8) is 0 Å². The second-order valence-electron chi connectivity index (χ2n) is 4.29. The maximum Gasteiger partial charge on any atom is 0.432 e. The quantitative estimate of drug-likeness (QED) is 0.782. The summed E-state index contributed by atoms with van der Waals surface area (Å²) in [6.45, 7) is 0. The fraction of sp³-hybridized carbons (Fsp3) is 0.700. The zero-order chi connectivity index (χ0) is 11.8. The lowest BCUT2D eigenvalue weighted by Gasteiger charge is -2.24. The van der Waals surface area contributed by atoms with Gasteiger partial charge in [0.1, 0.15) is 11.5 Å². The highest BCUT2D eigenvalue weighted by molar-refractivity contribution is 5.09. The Hall–Kier alpha value is -1.04. The molecule has 1 fully saturated rings. The number of alkyl halides is 3.